The van der Waals surface area contributed by atoms with E-state index in [9.17, 15) is 4.79 Å². The van der Waals surface area contributed by atoms with Gasteiger partial charge in [-0.2, -0.15) is 0 Å². The Balaban J connectivity index is 1.14. The zero-order valence-electron chi connectivity index (χ0n) is 22.8. The van der Waals surface area contributed by atoms with Crippen LogP contribution in [0, 0.1) is 6.92 Å². The number of carbonyl (C=O) groups is 1. The third kappa shape index (κ3) is 5.68. The first kappa shape index (κ1) is 27.0. The minimum absolute atomic E-state index is 0.0276. The molecule has 0 saturated carbocycles. The van der Waals surface area contributed by atoms with Crippen LogP contribution >= 0.6 is 23.1 Å². The molecule has 6 rings (SSSR count). The van der Waals surface area contributed by atoms with Gasteiger partial charge in [0.1, 0.15) is 16.5 Å². The zero-order valence-corrected chi connectivity index (χ0v) is 24.4. The van der Waals surface area contributed by atoms with Crippen LogP contribution in [0.4, 0.5) is 5.69 Å². The number of aryl methyl sites for hydroxylation is 1. The largest absolute Gasteiger partial charge is 0.495 e. The van der Waals surface area contributed by atoms with Gasteiger partial charge >= 0.3 is 0 Å². The minimum Gasteiger partial charge on any atom is -0.495 e. The molecule has 1 aliphatic rings. The molecular formula is C30H29N7O2S2. The van der Waals surface area contributed by atoms with E-state index in [0.717, 1.165) is 57.3 Å². The molecule has 4 heterocycles. The van der Waals surface area contributed by atoms with Crippen LogP contribution in [0.3, 0.4) is 0 Å². The number of amides is 1. The topological polar surface area (TPSA) is 89.3 Å². The van der Waals surface area contributed by atoms with Gasteiger partial charge in [-0.1, -0.05) is 42.1 Å². The Bertz CT molecular complexity index is 1650. The van der Waals surface area contributed by atoms with Gasteiger partial charge in [0.05, 0.1) is 24.2 Å². The molecule has 208 valence electrons. The normalized spacial score (nSPS) is 13.4. The average molecular weight is 584 g/mol. The van der Waals surface area contributed by atoms with E-state index in [0.29, 0.717) is 24.5 Å². The van der Waals surface area contributed by atoms with E-state index in [1.807, 2.05) is 52.7 Å². The molecule has 41 heavy (non-hydrogen) atoms. The van der Waals surface area contributed by atoms with Crippen molar-refractivity contribution in [2.75, 3.05) is 38.2 Å². The number of piperazine rings is 1. The number of hydrogen-bond donors (Lipinski definition) is 0. The van der Waals surface area contributed by atoms with Gasteiger partial charge in [-0.05, 0) is 42.8 Å². The number of rotatable bonds is 8. The number of benzene rings is 2. The van der Waals surface area contributed by atoms with E-state index in [1.54, 1.807) is 31.3 Å². The Labute approximate surface area is 246 Å². The second kappa shape index (κ2) is 12.1. The molecule has 1 saturated heterocycles. The molecule has 0 radical (unpaired) electrons. The molecule has 0 unspecified atom stereocenters. The van der Waals surface area contributed by atoms with Crippen LogP contribution in [0.2, 0.25) is 0 Å². The molecule has 1 aliphatic heterocycles. The van der Waals surface area contributed by atoms with E-state index < -0.39 is 0 Å². The van der Waals surface area contributed by atoms with E-state index in [1.165, 1.54) is 11.3 Å². The van der Waals surface area contributed by atoms with Crippen LogP contribution in [0.1, 0.15) is 21.1 Å². The van der Waals surface area contributed by atoms with Crippen molar-refractivity contribution in [1.29, 1.82) is 0 Å². The molecule has 9 nitrogen and oxygen atoms in total. The van der Waals surface area contributed by atoms with Crippen LogP contribution in [-0.2, 0) is 5.75 Å². The van der Waals surface area contributed by atoms with E-state index in [2.05, 4.69) is 49.8 Å². The predicted octanol–water partition coefficient (Wildman–Crippen LogP) is 5.36. The fourth-order valence-electron chi connectivity index (χ4n) is 4.89. The third-order valence-corrected chi connectivity index (χ3v) is 8.99. The maximum Gasteiger partial charge on any atom is 0.273 e. The predicted molar refractivity (Wildman–Crippen MR) is 162 cm³/mol. The van der Waals surface area contributed by atoms with Gasteiger partial charge in [0.25, 0.3) is 5.91 Å². The lowest BCUT2D eigenvalue weighted by Gasteiger charge is -2.36. The molecular weight excluding hydrogens is 555 g/mol. The van der Waals surface area contributed by atoms with Crippen LogP contribution in [0.5, 0.6) is 5.75 Å². The van der Waals surface area contributed by atoms with Gasteiger partial charge in [0, 0.05) is 49.5 Å². The number of thioether (sulfide) groups is 1. The zero-order chi connectivity index (χ0) is 28.2. The number of nitrogens with zero attached hydrogens (tertiary/aromatic N) is 7. The summed E-state index contributed by atoms with van der Waals surface area (Å²) < 4.78 is 7.60. The Hall–Kier alpha value is -4.22. The summed E-state index contributed by atoms with van der Waals surface area (Å²) in [7, 11) is 1.68. The Kier molecular flexibility index (Phi) is 7.97. The Morgan fingerprint density at radius 3 is 2.44 bits per heavy atom. The summed E-state index contributed by atoms with van der Waals surface area (Å²) in [6.07, 6.45) is 3.51. The van der Waals surface area contributed by atoms with Gasteiger partial charge < -0.3 is 14.5 Å². The number of para-hydroxylation sites is 3. The first-order valence-corrected chi connectivity index (χ1v) is 15.1. The van der Waals surface area contributed by atoms with Crippen molar-refractivity contribution in [2.45, 2.75) is 17.8 Å². The first-order chi connectivity index (χ1) is 20.1. The van der Waals surface area contributed by atoms with Crippen LogP contribution in [0.25, 0.3) is 17.1 Å². The highest BCUT2D eigenvalue weighted by atomic mass is 32.2. The van der Waals surface area contributed by atoms with E-state index in [-0.39, 0.29) is 5.91 Å². The van der Waals surface area contributed by atoms with Crippen molar-refractivity contribution >= 4 is 34.7 Å². The summed E-state index contributed by atoms with van der Waals surface area (Å²) in [4.78, 5) is 26.3. The van der Waals surface area contributed by atoms with Crippen LogP contribution in [-0.4, -0.2) is 68.8 Å². The number of anilines is 1. The number of carbonyl (C=O) groups excluding carboxylic acids is 1. The highest BCUT2D eigenvalue weighted by molar-refractivity contribution is 7.98. The van der Waals surface area contributed by atoms with Gasteiger partial charge in [0.15, 0.2) is 11.0 Å². The smallest absolute Gasteiger partial charge is 0.273 e. The molecule has 0 aliphatic carbocycles. The van der Waals surface area contributed by atoms with Gasteiger partial charge in [0.2, 0.25) is 0 Å². The summed E-state index contributed by atoms with van der Waals surface area (Å²) in [6.45, 7) is 4.83. The molecule has 11 heteroatoms. The summed E-state index contributed by atoms with van der Waals surface area (Å²) in [5, 5.41) is 12.5. The number of hydrogen-bond acceptors (Lipinski definition) is 9. The number of thiazole rings is 1. The maximum absolute atomic E-state index is 13.3. The van der Waals surface area contributed by atoms with E-state index >= 15 is 0 Å². The summed E-state index contributed by atoms with van der Waals surface area (Å²) in [5.74, 6) is 2.16. The van der Waals surface area contributed by atoms with Gasteiger partial charge in [-0.3, -0.25) is 14.3 Å². The highest BCUT2D eigenvalue weighted by Crippen LogP contribution is 2.32. The molecule has 1 amide bonds. The second-order valence-corrected chi connectivity index (χ2v) is 11.4. The maximum atomic E-state index is 13.3. The van der Waals surface area contributed by atoms with Crippen molar-refractivity contribution in [1.82, 2.24) is 29.6 Å². The number of aromatic nitrogens is 5. The van der Waals surface area contributed by atoms with E-state index in [4.69, 9.17) is 9.72 Å². The lowest BCUT2D eigenvalue weighted by atomic mass is 10.2. The molecule has 3 aromatic heterocycles. The van der Waals surface area contributed by atoms with Crippen molar-refractivity contribution in [3.8, 4) is 22.8 Å². The lowest BCUT2D eigenvalue weighted by Crippen LogP contribution is -2.49. The SMILES string of the molecule is COc1ccccc1N1CCN(C(=O)c2csc(CSc3nnc(-c4ccncc4)n3-c3ccccc3C)n2)CC1. The Morgan fingerprint density at radius 1 is 0.951 bits per heavy atom. The van der Waals surface area contributed by atoms with Crippen molar-refractivity contribution in [3.63, 3.8) is 0 Å². The van der Waals surface area contributed by atoms with Crippen LogP contribution < -0.4 is 9.64 Å². The lowest BCUT2D eigenvalue weighted by molar-refractivity contribution is 0.0741. The Morgan fingerprint density at radius 2 is 1.68 bits per heavy atom. The standard InChI is InChI=1S/C30H29N7O2S2/c1-21-7-3-4-8-24(21)37-28(22-11-13-31-14-12-22)33-34-30(37)41-20-27-32-23(19-40-27)29(38)36-17-15-35(16-18-36)25-9-5-6-10-26(25)39-2/h3-14,19H,15-18,20H2,1-2H3. The molecule has 0 spiro atoms. The molecule has 0 atom stereocenters. The molecule has 2 aromatic carbocycles. The highest BCUT2D eigenvalue weighted by Gasteiger charge is 2.25. The number of ether oxygens (including phenoxy) is 1. The number of pyridine rings is 1. The van der Waals surface area contributed by atoms with Crippen molar-refractivity contribution in [3.05, 3.63) is 94.7 Å². The number of methoxy groups -OCH3 is 1. The summed E-state index contributed by atoms with van der Waals surface area (Å²) in [6, 6.07) is 20.0. The van der Waals surface area contributed by atoms with Gasteiger partial charge in [-0.25, -0.2) is 4.98 Å². The summed E-state index contributed by atoms with van der Waals surface area (Å²) in [5.41, 5.74) is 4.64. The molecule has 5 aromatic rings. The van der Waals surface area contributed by atoms with Crippen molar-refractivity contribution < 1.29 is 9.53 Å². The molecule has 0 bridgehead atoms. The molecule has 1 fully saturated rings. The second-order valence-electron chi connectivity index (χ2n) is 9.53. The summed E-state index contributed by atoms with van der Waals surface area (Å²) >= 11 is 3.06. The quantitative estimate of drug-likeness (QED) is 0.226. The van der Waals surface area contributed by atoms with Crippen molar-refractivity contribution in [2.24, 2.45) is 0 Å². The first-order valence-electron chi connectivity index (χ1n) is 13.3. The minimum atomic E-state index is -0.0276. The molecule has 0 N–H and O–H groups in total. The monoisotopic (exact) mass is 583 g/mol. The fourth-order valence-corrected chi connectivity index (χ4v) is 6.62. The average Bonchev–Trinajstić information content (AvgIpc) is 3.68. The fraction of sp³-hybridized carbons (Fsp3) is 0.233. The van der Waals surface area contributed by atoms with Gasteiger partial charge in [-0.15, -0.1) is 21.5 Å². The third-order valence-electron chi connectivity index (χ3n) is 7.02. The van der Waals surface area contributed by atoms with Crippen LogP contribution in [0.15, 0.2) is 83.6 Å².